The summed E-state index contributed by atoms with van der Waals surface area (Å²) in [4.78, 5) is 2.25. The van der Waals surface area contributed by atoms with Gasteiger partial charge in [-0.15, -0.1) is 0 Å². The SMILES string of the molecule is CC/C=C\N(C)C(C)CC. The Morgan fingerprint density at radius 2 is 2.00 bits per heavy atom. The average Bonchev–Trinajstić information content (AvgIpc) is 1.98. The van der Waals surface area contributed by atoms with Gasteiger partial charge in [0, 0.05) is 13.1 Å². The second-order valence-electron chi connectivity index (χ2n) is 2.72. The molecule has 1 unspecified atom stereocenters. The molecule has 60 valence electrons. The summed E-state index contributed by atoms with van der Waals surface area (Å²) in [6, 6.07) is 0.669. The molecule has 0 saturated carbocycles. The van der Waals surface area contributed by atoms with Crippen LogP contribution in [0.25, 0.3) is 0 Å². The molecule has 0 fully saturated rings. The van der Waals surface area contributed by atoms with E-state index in [-0.39, 0.29) is 0 Å². The van der Waals surface area contributed by atoms with Crippen LogP contribution in [-0.4, -0.2) is 18.0 Å². The third-order valence-electron chi connectivity index (χ3n) is 1.86. The molecule has 0 N–H and O–H groups in total. The fraction of sp³-hybridized carbons (Fsp3) is 0.778. The van der Waals surface area contributed by atoms with E-state index in [9.17, 15) is 0 Å². The Hall–Kier alpha value is -0.460. The molecule has 0 spiro atoms. The van der Waals surface area contributed by atoms with Crippen molar-refractivity contribution in [1.82, 2.24) is 4.90 Å². The predicted octanol–water partition coefficient (Wildman–Crippen LogP) is 2.64. The smallest absolute Gasteiger partial charge is 0.0250 e. The molecule has 0 aromatic heterocycles. The van der Waals surface area contributed by atoms with Crippen LogP contribution < -0.4 is 0 Å². The molecule has 0 aliphatic carbocycles. The van der Waals surface area contributed by atoms with Crippen molar-refractivity contribution in [2.24, 2.45) is 0 Å². The first-order valence-corrected chi connectivity index (χ1v) is 4.11. The summed E-state index contributed by atoms with van der Waals surface area (Å²) in [5.41, 5.74) is 0. The molecule has 1 heteroatoms. The standard InChI is InChI=1S/C9H19N/c1-5-7-8-10(4)9(3)6-2/h7-9H,5-6H2,1-4H3/b8-7-. The Labute approximate surface area is 64.7 Å². The molecule has 0 aromatic carbocycles. The Kier molecular flexibility index (Phi) is 5.09. The minimum absolute atomic E-state index is 0.669. The highest BCUT2D eigenvalue weighted by atomic mass is 15.1. The zero-order valence-corrected chi connectivity index (χ0v) is 7.59. The molecule has 10 heavy (non-hydrogen) atoms. The predicted molar refractivity (Wildman–Crippen MR) is 46.9 cm³/mol. The van der Waals surface area contributed by atoms with Crippen molar-refractivity contribution in [3.8, 4) is 0 Å². The van der Waals surface area contributed by atoms with E-state index in [2.05, 4.69) is 45.0 Å². The van der Waals surface area contributed by atoms with Gasteiger partial charge in [-0.2, -0.15) is 0 Å². The molecule has 0 bridgehead atoms. The van der Waals surface area contributed by atoms with Crippen LogP contribution in [-0.2, 0) is 0 Å². The van der Waals surface area contributed by atoms with Crippen LogP contribution in [0.4, 0.5) is 0 Å². The van der Waals surface area contributed by atoms with Crippen molar-refractivity contribution in [2.75, 3.05) is 7.05 Å². The van der Waals surface area contributed by atoms with Gasteiger partial charge in [0.25, 0.3) is 0 Å². The van der Waals surface area contributed by atoms with Crippen molar-refractivity contribution < 1.29 is 0 Å². The maximum absolute atomic E-state index is 2.25. The van der Waals surface area contributed by atoms with Gasteiger partial charge in [0.15, 0.2) is 0 Å². The van der Waals surface area contributed by atoms with E-state index < -0.39 is 0 Å². The molecule has 0 aliphatic heterocycles. The summed E-state index contributed by atoms with van der Waals surface area (Å²) in [6.07, 6.45) is 6.69. The normalized spacial score (nSPS) is 14.0. The van der Waals surface area contributed by atoms with Crippen LogP contribution in [0.3, 0.4) is 0 Å². The van der Waals surface area contributed by atoms with Crippen molar-refractivity contribution in [1.29, 1.82) is 0 Å². The third-order valence-corrected chi connectivity index (χ3v) is 1.86. The molecule has 0 amide bonds. The van der Waals surface area contributed by atoms with Gasteiger partial charge in [-0.25, -0.2) is 0 Å². The van der Waals surface area contributed by atoms with Crippen molar-refractivity contribution in [3.63, 3.8) is 0 Å². The number of nitrogens with zero attached hydrogens (tertiary/aromatic N) is 1. The lowest BCUT2D eigenvalue weighted by Gasteiger charge is -2.21. The van der Waals surface area contributed by atoms with Crippen molar-refractivity contribution in [2.45, 2.75) is 39.7 Å². The first kappa shape index (κ1) is 9.54. The van der Waals surface area contributed by atoms with Crippen LogP contribution in [0.15, 0.2) is 12.3 Å². The minimum Gasteiger partial charge on any atom is -0.378 e. The highest BCUT2D eigenvalue weighted by Gasteiger charge is 1.99. The van der Waals surface area contributed by atoms with E-state index in [4.69, 9.17) is 0 Å². The number of hydrogen-bond donors (Lipinski definition) is 0. The topological polar surface area (TPSA) is 3.24 Å². The van der Waals surface area contributed by atoms with E-state index in [0.717, 1.165) is 6.42 Å². The van der Waals surface area contributed by atoms with E-state index in [0.29, 0.717) is 6.04 Å². The lowest BCUT2D eigenvalue weighted by atomic mass is 10.2. The van der Waals surface area contributed by atoms with E-state index in [1.54, 1.807) is 0 Å². The van der Waals surface area contributed by atoms with Gasteiger partial charge < -0.3 is 4.90 Å². The number of rotatable bonds is 4. The quantitative estimate of drug-likeness (QED) is 0.581. The molecule has 0 saturated heterocycles. The minimum atomic E-state index is 0.669. The number of allylic oxidation sites excluding steroid dienone is 1. The lowest BCUT2D eigenvalue weighted by molar-refractivity contribution is 0.342. The molecule has 1 atom stereocenters. The Balaban J connectivity index is 3.60. The molecule has 0 aliphatic rings. The van der Waals surface area contributed by atoms with Crippen LogP contribution >= 0.6 is 0 Å². The molecule has 0 heterocycles. The lowest BCUT2D eigenvalue weighted by Crippen LogP contribution is -2.22. The van der Waals surface area contributed by atoms with E-state index in [1.807, 2.05) is 0 Å². The van der Waals surface area contributed by atoms with Crippen LogP contribution in [0.5, 0.6) is 0 Å². The van der Waals surface area contributed by atoms with Crippen LogP contribution in [0, 0.1) is 0 Å². The summed E-state index contributed by atoms with van der Waals surface area (Å²) >= 11 is 0. The monoisotopic (exact) mass is 141 g/mol. The Bertz CT molecular complexity index is 96.9. The third kappa shape index (κ3) is 3.54. The van der Waals surface area contributed by atoms with E-state index >= 15 is 0 Å². The zero-order chi connectivity index (χ0) is 7.98. The second-order valence-corrected chi connectivity index (χ2v) is 2.72. The highest BCUT2D eigenvalue weighted by Crippen LogP contribution is 2.00. The summed E-state index contributed by atoms with van der Waals surface area (Å²) in [6.45, 7) is 6.60. The zero-order valence-electron chi connectivity index (χ0n) is 7.59. The summed E-state index contributed by atoms with van der Waals surface area (Å²) < 4.78 is 0. The first-order valence-electron chi connectivity index (χ1n) is 4.11. The largest absolute Gasteiger partial charge is 0.378 e. The molecular weight excluding hydrogens is 122 g/mol. The molecule has 0 aromatic rings. The maximum Gasteiger partial charge on any atom is 0.0250 e. The van der Waals surface area contributed by atoms with Gasteiger partial charge >= 0.3 is 0 Å². The Morgan fingerprint density at radius 1 is 1.40 bits per heavy atom. The van der Waals surface area contributed by atoms with Gasteiger partial charge in [0.05, 0.1) is 0 Å². The fourth-order valence-electron chi connectivity index (χ4n) is 0.707. The maximum atomic E-state index is 2.25. The van der Waals surface area contributed by atoms with Crippen LogP contribution in [0.1, 0.15) is 33.6 Å². The summed E-state index contributed by atoms with van der Waals surface area (Å²) in [7, 11) is 2.13. The van der Waals surface area contributed by atoms with Crippen LogP contribution in [0.2, 0.25) is 0 Å². The van der Waals surface area contributed by atoms with Gasteiger partial charge in [-0.1, -0.05) is 19.9 Å². The fourth-order valence-corrected chi connectivity index (χ4v) is 0.707. The molecule has 0 radical (unpaired) electrons. The van der Waals surface area contributed by atoms with Gasteiger partial charge in [0.2, 0.25) is 0 Å². The van der Waals surface area contributed by atoms with Crippen molar-refractivity contribution in [3.05, 3.63) is 12.3 Å². The van der Waals surface area contributed by atoms with E-state index in [1.165, 1.54) is 6.42 Å². The summed E-state index contributed by atoms with van der Waals surface area (Å²) in [5.74, 6) is 0. The van der Waals surface area contributed by atoms with Gasteiger partial charge in [-0.05, 0) is 26.0 Å². The Morgan fingerprint density at radius 3 is 2.40 bits per heavy atom. The van der Waals surface area contributed by atoms with Crippen molar-refractivity contribution >= 4 is 0 Å². The molecule has 0 rings (SSSR count). The average molecular weight is 141 g/mol. The molecule has 1 nitrogen and oxygen atoms in total. The highest BCUT2D eigenvalue weighted by molar-refractivity contribution is 4.81. The van der Waals surface area contributed by atoms with Gasteiger partial charge in [-0.3, -0.25) is 0 Å². The van der Waals surface area contributed by atoms with Gasteiger partial charge in [0.1, 0.15) is 0 Å². The molecular formula is C9H19N. The second kappa shape index (κ2) is 5.33. The number of hydrogen-bond acceptors (Lipinski definition) is 1. The first-order chi connectivity index (χ1) is 4.72. The summed E-state index contributed by atoms with van der Waals surface area (Å²) in [5, 5.41) is 0.